The molecule has 2 amide bonds. The predicted octanol–water partition coefficient (Wildman–Crippen LogP) is 3.45. The van der Waals surface area contributed by atoms with E-state index in [-0.39, 0.29) is 11.8 Å². The van der Waals surface area contributed by atoms with Crippen LogP contribution in [-0.4, -0.2) is 33.7 Å². The predicted molar refractivity (Wildman–Crippen MR) is 108 cm³/mol. The summed E-state index contributed by atoms with van der Waals surface area (Å²) in [7, 11) is 1.74. The van der Waals surface area contributed by atoms with Gasteiger partial charge >= 0.3 is 0 Å². The van der Waals surface area contributed by atoms with Crippen molar-refractivity contribution in [3.63, 3.8) is 0 Å². The zero-order valence-electron chi connectivity index (χ0n) is 15.7. The van der Waals surface area contributed by atoms with Crippen molar-refractivity contribution in [2.75, 3.05) is 17.7 Å². The molecule has 0 saturated heterocycles. The van der Waals surface area contributed by atoms with Crippen molar-refractivity contribution in [3.8, 4) is 0 Å². The number of carbonyl (C=O) groups excluding carboxylic acids is 2. The largest absolute Gasteiger partial charge is 0.340 e. The first kappa shape index (κ1) is 19.0. The van der Waals surface area contributed by atoms with E-state index in [0.29, 0.717) is 23.7 Å². The third kappa shape index (κ3) is 5.14. The van der Waals surface area contributed by atoms with Crippen LogP contribution in [0.5, 0.6) is 0 Å². The normalized spacial score (nSPS) is 10.2. The van der Waals surface area contributed by atoms with Crippen LogP contribution < -0.4 is 10.6 Å². The molecule has 1 heterocycles. The van der Waals surface area contributed by atoms with E-state index in [1.165, 1.54) is 13.3 Å². The van der Waals surface area contributed by atoms with Crippen molar-refractivity contribution in [1.82, 2.24) is 14.9 Å². The lowest BCUT2D eigenvalue weighted by atomic mass is 10.2. The SMILES string of the molecule is CC(=O)Nc1cccc(Nc2cc(C(=O)N(C)Cc3ccccc3)ncn2)c1. The molecule has 0 aliphatic carbocycles. The lowest BCUT2D eigenvalue weighted by molar-refractivity contribution is -0.114. The number of hydrogen-bond donors (Lipinski definition) is 2. The Morgan fingerprint density at radius 2 is 1.71 bits per heavy atom. The minimum Gasteiger partial charge on any atom is -0.340 e. The Kier molecular flexibility index (Phi) is 5.96. The Bertz CT molecular complexity index is 975. The van der Waals surface area contributed by atoms with E-state index >= 15 is 0 Å². The Morgan fingerprint density at radius 1 is 0.964 bits per heavy atom. The van der Waals surface area contributed by atoms with Gasteiger partial charge in [0, 0.05) is 38.0 Å². The Balaban J connectivity index is 1.71. The molecule has 0 spiro atoms. The molecular weight excluding hydrogens is 354 g/mol. The zero-order chi connectivity index (χ0) is 19.9. The average Bonchev–Trinajstić information content (AvgIpc) is 2.68. The number of nitrogens with zero attached hydrogens (tertiary/aromatic N) is 3. The van der Waals surface area contributed by atoms with Crippen LogP contribution >= 0.6 is 0 Å². The van der Waals surface area contributed by atoms with Crippen LogP contribution in [0.15, 0.2) is 67.0 Å². The average molecular weight is 375 g/mol. The third-order valence-corrected chi connectivity index (χ3v) is 3.95. The van der Waals surface area contributed by atoms with Crippen LogP contribution in [-0.2, 0) is 11.3 Å². The summed E-state index contributed by atoms with van der Waals surface area (Å²) >= 11 is 0. The van der Waals surface area contributed by atoms with Crippen molar-refractivity contribution >= 4 is 29.0 Å². The summed E-state index contributed by atoms with van der Waals surface area (Å²) in [5.74, 6) is 0.154. The van der Waals surface area contributed by atoms with Gasteiger partial charge in [-0.05, 0) is 23.8 Å². The summed E-state index contributed by atoms with van der Waals surface area (Å²) in [4.78, 5) is 33.8. The first-order chi connectivity index (χ1) is 13.5. The molecule has 2 N–H and O–H groups in total. The van der Waals surface area contributed by atoms with E-state index < -0.39 is 0 Å². The van der Waals surface area contributed by atoms with Gasteiger partial charge in [0.15, 0.2) is 0 Å². The Morgan fingerprint density at radius 3 is 2.46 bits per heavy atom. The van der Waals surface area contributed by atoms with Crippen LogP contribution in [0, 0.1) is 0 Å². The van der Waals surface area contributed by atoms with Gasteiger partial charge in [0.05, 0.1) is 0 Å². The molecule has 0 radical (unpaired) electrons. The second-order valence-electron chi connectivity index (χ2n) is 6.32. The molecule has 142 valence electrons. The lowest BCUT2D eigenvalue weighted by Crippen LogP contribution is -2.27. The van der Waals surface area contributed by atoms with Crippen LogP contribution in [0.2, 0.25) is 0 Å². The fourth-order valence-electron chi connectivity index (χ4n) is 2.69. The maximum atomic E-state index is 12.7. The van der Waals surface area contributed by atoms with Gasteiger partial charge in [0.1, 0.15) is 17.8 Å². The number of rotatable bonds is 6. The number of benzene rings is 2. The molecule has 3 aromatic rings. The van der Waals surface area contributed by atoms with Crippen molar-refractivity contribution in [2.24, 2.45) is 0 Å². The Labute approximate surface area is 163 Å². The number of aromatic nitrogens is 2. The standard InChI is InChI=1S/C21H21N5O2/c1-15(27)24-17-9-6-10-18(11-17)25-20-12-19(22-14-23-20)21(28)26(2)13-16-7-4-3-5-8-16/h3-12,14H,13H2,1-2H3,(H,24,27)(H,22,23,25). The van der Waals surface area contributed by atoms with Gasteiger partial charge in [-0.2, -0.15) is 0 Å². The summed E-state index contributed by atoms with van der Waals surface area (Å²) in [5, 5.41) is 5.85. The highest BCUT2D eigenvalue weighted by molar-refractivity contribution is 5.93. The van der Waals surface area contributed by atoms with Gasteiger partial charge in [-0.15, -0.1) is 0 Å². The first-order valence-electron chi connectivity index (χ1n) is 8.77. The second kappa shape index (κ2) is 8.77. The van der Waals surface area contributed by atoms with Crippen molar-refractivity contribution in [2.45, 2.75) is 13.5 Å². The molecule has 7 nitrogen and oxygen atoms in total. The van der Waals surface area contributed by atoms with Crippen molar-refractivity contribution in [1.29, 1.82) is 0 Å². The van der Waals surface area contributed by atoms with Crippen LogP contribution in [0.3, 0.4) is 0 Å². The molecule has 0 bridgehead atoms. The van der Waals surface area contributed by atoms with Crippen molar-refractivity contribution < 1.29 is 9.59 Å². The van der Waals surface area contributed by atoms with Crippen molar-refractivity contribution in [3.05, 3.63) is 78.2 Å². The maximum absolute atomic E-state index is 12.7. The molecule has 28 heavy (non-hydrogen) atoms. The van der Waals surface area contributed by atoms with E-state index in [2.05, 4.69) is 20.6 Å². The molecule has 3 rings (SSSR count). The second-order valence-corrected chi connectivity index (χ2v) is 6.32. The lowest BCUT2D eigenvalue weighted by Gasteiger charge is -2.17. The molecule has 1 aromatic heterocycles. The van der Waals surface area contributed by atoms with E-state index in [1.807, 2.05) is 42.5 Å². The molecule has 0 saturated carbocycles. The minimum absolute atomic E-state index is 0.145. The summed E-state index contributed by atoms with van der Waals surface area (Å²) in [6, 6.07) is 18.6. The van der Waals surface area contributed by atoms with Crippen LogP contribution in [0.4, 0.5) is 17.2 Å². The number of nitrogens with one attached hydrogen (secondary N) is 2. The number of anilines is 3. The van der Waals surface area contributed by atoms with Gasteiger partial charge in [-0.3, -0.25) is 9.59 Å². The smallest absolute Gasteiger partial charge is 0.272 e. The molecular formula is C21H21N5O2. The molecule has 0 fully saturated rings. The van der Waals surface area contributed by atoms with Gasteiger partial charge < -0.3 is 15.5 Å². The van der Waals surface area contributed by atoms with E-state index in [9.17, 15) is 9.59 Å². The van der Waals surface area contributed by atoms with Gasteiger partial charge in [0.2, 0.25) is 5.91 Å². The van der Waals surface area contributed by atoms with E-state index in [4.69, 9.17) is 0 Å². The van der Waals surface area contributed by atoms with Gasteiger partial charge in [-0.25, -0.2) is 9.97 Å². The van der Waals surface area contributed by atoms with Gasteiger partial charge in [0.25, 0.3) is 5.91 Å². The quantitative estimate of drug-likeness (QED) is 0.689. The summed E-state index contributed by atoms with van der Waals surface area (Å²) in [5.41, 5.74) is 2.75. The third-order valence-electron chi connectivity index (χ3n) is 3.95. The Hall–Kier alpha value is -3.74. The molecule has 0 atom stereocenters. The maximum Gasteiger partial charge on any atom is 0.272 e. The molecule has 0 aliphatic heterocycles. The highest BCUT2D eigenvalue weighted by atomic mass is 16.2. The van der Waals surface area contributed by atoms with Crippen LogP contribution in [0.25, 0.3) is 0 Å². The number of carbonyl (C=O) groups is 2. The minimum atomic E-state index is -0.193. The highest BCUT2D eigenvalue weighted by Crippen LogP contribution is 2.19. The molecule has 0 unspecified atom stereocenters. The van der Waals surface area contributed by atoms with Gasteiger partial charge in [-0.1, -0.05) is 36.4 Å². The summed E-state index contributed by atoms with van der Waals surface area (Å²) in [6.45, 7) is 1.94. The molecule has 0 aliphatic rings. The van der Waals surface area contributed by atoms with Crippen LogP contribution in [0.1, 0.15) is 23.0 Å². The number of amides is 2. The van der Waals surface area contributed by atoms with E-state index in [0.717, 1.165) is 11.3 Å². The number of hydrogen-bond acceptors (Lipinski definition) is 5. The fraction of sp³-hybridized carbons (Fsp3) is 0.143. The highest BCUT2D eigenvalue weighted by Gasteiger charge is 2.14. The fourth-order valence-corrected chi connectivity index (χ4v) is 2.69. The molecule has 2 aromatic carbocycles. The first-order valence-corrected chi connectivity index (χ1v) is 8.77. The summed E-state index contributed by atoms with van der Waals surface area (Å²) < 4.78 is 0. The van der Waals surface area contributed by atoms with E-state index in [1.54, 1.807) is 30.1 Å². The topological polar surface area (TPSA) is 87.2 Å². The monoisotopic (exact) mass is 375 g/mol. The molecule has 7 heteroatoms. The summed E-state index contributed by atoms with van der Waals surface area (Å²) in [6.07, 6.45) is 1.35. The zero-order valence-corrected chi connectivity index (χ0v) is 15.7.